The first-order valence-electron chi connectivity index (χ1n) is 6.37. The van der Waals surface area contributed by atoms with Crippen LogP contribution in [0.2, 0.25) is 0 Å². The van der Waals surface area contributed by atoms with Crippen LogP contribution in [0.4, 0.5) is 17.3 Å². The van der Waals surface area contributed by atoms with E-state index in [2.05, 4.69) is 10.3 Å². The van der Waals surface area contributed by atoms with E-state index in [0.717, 1.165) is 19.3 Å². The molecule has 1 aromatic heterocycles. The van der Waals surface area contributed by atoms with E-state index in [-0.39, 0.29) is 23.9 Å². The molecule has 0 bridgehead atoms. The Balaban J connectivity index is 2.10. The number of anilines is 2. The lowest BCUT2D eigenvalue weighted by molar-refractivity contribution is -0.384. The van der Waals surface area contributed by atoms with Gasteiger partial charge in [0.1, 0.15) is 5.82 Å². The van der Waals surface area contributed by atoms with Gasteiger partial charge in [0.05, 0.1) is 10.5 Å². The molecule has 0 spiro atoms. The summed E-state index contributed by atoms with van der Waals surface area (Å²) in [4.78, 5) is 14.3. The Hall–Kier alpha value is -1.89. The Morgan fingerprint density at radius 1 is 1.42 bits per heavy atom. The minimum atomic E-state index is -0.807. The minimum Gasteiger partial charge on any atom is -0.388 e. The number of pyridine rings is 1. The Bertz CT molecular complexity index is 472. The van der Waals surface area contributed by atoms with Crippen molar-refractivity contribution in [3.8, 4) is 0 Å². The normalized spacial score (nSPS) is 17.9. The summed E-state index contributed by atoms with van der Waals surface area (Å²) in [5.41, 5.74) is 4.60. The fourth-order valence-corrected chi connectivity index (χ4v) is 2.38. The number of nitrogens with zero attached hydrogens (tertiary/aromatic N) is 2. The summed E-state index contributed by atoms with van der Waals surface area (Å²) in [5.74, 6) is 0.327. The van der Waals surface area contributed by atoms with Crippen LogP contribution >= 0.6 is 0 Å². The van der Waals surface area contributed by atoms with Crippen LogP contribution < -0.4 is 11.1 Å². The Morgan fingerprint density at radius 3 is 2.74 bits per heavy atom. The number of aromatic nitrogens is 1. The number of aliphatic hydroxyl groups is 1. The molecule has 0 amide bonds. The van der Waals surface area contributed by atoms with Crippen molar-refractivity contribution < 1.29 is 10.0 Å². The molecule has 1 aliphatic carbocycles. The van der Waals surface area contributed by atoms with Crippen molar-refractivity contribution in [2.24, 2.45) is 0 Å². The van der Waals surface area contributed by atoms with E-state index in [1.807, 2.05) is 0 Å². The zero-order valence-corrected chi connectivity index (χ0v) is 10.6. The Labute approximate surface area is 111 Å². The number of nitro groups is 1. The minimum absolute atomic E-state index is 0.115. The number of rotatable bonds is 4. The van der Waals surface area contributed by atoms with Crippen molar-refractivity contribution in [3.05, 3.63) is 22.2 Å². The molecular formula is C12H18N4O3. The van der Waals surface area contributed by atoms with Crippen LogP contribution in [0.1, 0.15) is 32.1 Å². The van der Waals surface area contributed by atoms with E-state index < -0.39 is 10.5 Å². The van der Waals surface area contributed by atoms with Crippen molar-refractivity contribution >= 4 is 17.3 Å². The predicted octanol–water partition coefficient (Wildman–Crippen LogP) is 1.68. The van der Waals surface area contributed by atoms with Crippen LogP contribution in [0.25, 0.3) is 0 Å². The van der Waals surface area contributed by atoms with Gasteiger partial charge in [0.25, 0.3) is 0 Å². The molecule has 1 saturated carbocycles. The topological polar surface area (TPSA) is 114 Å². The Kier molecular flexibility index (Phi) is 3.84. The fraction of sp³-hybridized carbons (Fsp3) is 0.583. The lowest BCUT2D eigenvalue weighted by atomic mass is 9.85. The summed E-state index contributed by atoms with van der Waals surface area (Å²) < 4.78 is 0. The molecule has 4 N–H and O–H groups in total. The summed E-state index contributed by atoms with van der Waals surface area (Å²) in [7, 11) is 0. The second kappa shape index (κ2) is 5.40. The van der Waals surface area contributed by atoms with Gasteiger partial charge in [-0.1, -0.05) is 19.3 Å². The van der Waals surface area contributed by atoms with Gasteiger partial charge in [0, 0.05) is 12.6 Å². The van der Waals surface area contributed by atoms with Crippen molar-refractivity contribution in [3.63, 3.8) is 0 Å². The SMILES string of the molecule is Nc1ccc([N+](=O)[O-])c(NCC2(O)CCCCC2)n1. The van der Waals surface area contributed by atoms with E-state index in [1.54, 1.807) is 0 Å². The highest BCUT2D eigenvalue weighted by atomic mass is 16.6. The molecule has 19 heavy (non-hydrogen) atoms. The first kappa shape index (κ1) is 13.5. The smallest absolute Gasteiger partial charge is 0.311 e. The first-order valence-corrected chi connectivity index (χ1v) is 6.37. The van der Waals surface area contributed by atoms with Crippen LogP contribution in [-0.2, 0) is 0 Å². The summed E-state index contributed by atoms with van der Waals surface area (Å²) in [6.45, 7) is 0.254. The van der Waals surface area contributed by atoms with Gasteiger partial charge in [-0.2, -0.15) is 0 Å². The number of nitrogens with one attached hydrogen (secondary N) is 1. The second-order valence-corrected chi connectivity index (χ2v) is 5.00. The summed E-state index contributed by atoms with van der Waals surface area (Å²) in [5, 5.41) is 24.1. The van der Waals surface area contributed by atoms with Crippen LogP contribution in [-0.4, -0.2) is 27.2 Å². The van der Waals surface area contributed by atoms with Gasteiger partial charge in [-0.25, -0.2) is 4.98 Å². The van der Waals surface area contributed by atoms with Crippen LogP contribution in [0.15, 0.2) is 12.1 Å². The second-order valence-electron chi connectivity index (χ2n) is 5.00. The quantitative estimate of drug-likeness (QED) is 0.564. The number of nitrogens with two attached hydrogens (primary N) is 1. The molecule has 1 fully saturated rings. The molecule has 7 heteroatoms. The van der Waals surface area contributed by atoms with Crippen LogP contribution in [0.3, 0.4) is 0 Å². The molecule has 0 aromatic carbocycles. The third-order valence-electron chi connectivity index (χ3n) is 3.46. The first-order chi connectivity index (χ1) is 9.00. The summed E-state index contributed by atoms with van der Waals surface area (Å²) in [6.07, 6.45) is 4.49. The lowest BCUT2D eigenvalue weighted by Gasteiger charge is -2.32. The molecule has 0 saturated heterocycles. The van der Waals surface area contributed by atoms with Crippen molar-refractivity contribution in [1.82, 2.24) is 4.98 Å². The average Bonchev–Trinajstić information content (AvgIpc) is 2.37. The molecule has 1 heterocycles. The van der Waals surface area contributed by atoms with Gasteiger partial charge < -0.3 is 16.2 Å². The monoisotopic (exact) mass is 266 g/mol. The zero-order chi connectivity index (χ0) is 13.9. The molecule has 0 aliphatic heterocycles. The standard InChI is InChI=1S/C12H18N4O3/c13-10-5-4-9(16(18)19)11(15-10)14-8-12(17)6-2-1-3-7-12/h4-5,17H,1-3,6-8H2,(H3,13,14,15). The maximum Gasteiger partial charge on any atom is 0.311 e. The average molecular weight is 266 g/mol. The highest BCUT2D eigenvalue weighted by molar-refractivity contribution is 5.59. The van der Waals surface area contributed by atoms with Gasteiger partial charge in [-0.15, -0.1) is 0 Å². The van der Waals surface area contributed by atoms with Crippen molar-refractivity contribution in [1.29, 1.82) is 0 Å². The van der Waals surface area contributed by atoms with Gasteiger partial charge >= 0.3 is 5.69 Å². The van der Waals surface area contributed by atoms with Crippen LogP contribution in [0, 0.1) is 10.1 Å². The van der Waals surface area contributed by atoms with Gasteiger partial charge in [0.2, 0.25) is 5.82 Å². The van der Waals surface area contributed by atoms with Crippen molar-refractivity contribution in [2.75, 3.05) is 17.6 Å². The molecule has 1 aliphatic rings. The molecule has 0 atom stereocenters. The van der Waals surface area contributed by atoms with E-state index in [9.17, 15) is 15.2 Å². The van der Waals surface area contributed by atoms with Gasteiger partial charge in [-0.3, -0.25) is 10.1 Å². The highest BCUT2D eigenvalue weighted by Gasteiger charge is 2.30. The fourth-order valence-electron chi connectivity index (χ4n) is 2.38. The van der Waals surface area contributed by atoms with Crippen molar-refractivity contribution in [2.45, 2.75) is 37.7 Å². The lowest BCUT2D eigenvalue weighted by Crippen LogP contribution is -2.39. The molecule has 0 unspecified atom stereocenters. The highest BCUT2D eigenvalue weighted by Crippen LogP contribution is 2.29. The third kappa shape index (κ3) is 3.31. The zero-order valence-electron chi connectivity index (χ0n) is 10.6. The van der Waals surface area contributed by atoms with Gasteiger partial charge in [0.15, 0.2) is 0 Å². The van der Waals surface area contributed by atoms with Crippen LogP contribution in [0.5, 0.6) is 0 Å². The largest absolute Gasteiger partial charge is 0.388 e. The molecular weight excluding hydrogens is 248 g/mol. The Morgan fingerprint density at radius 2 is 2.11 bits per heavy atom. The third-order valence-corrected chi connectivity index (χ3v) is 3.46. The maximum absolute atomic E-state index is 10.9. The number of hydrogen-bond donors (Lipinski definition) is 3. The predicted molar refractivity (Wildman–Crippen MR) is 71.8 cm³/mol. The van der Waals surface area contributed by atoms with E-state index >= 15 is 0 Å². The number of hydrogen-bond acceptors (Lipinski definition) is 6. The van der Waals surface area contributed by atoms with Gasteiger partial charge in [-0.05, 0) is 18.9 Å². The van der Waals surface area contributed by atoms with E-state index in [0.29, 0.717) is 12.8 Å². The van der Waals surface area contributed by atoms with E-state index in [4.69, 9.17) is 5.73 Å². The number of nitrogen functional groups attached to an aromatic ring is 1. The summed E-state index contributed by atoms with van der Waals surface area (Å²) in [6, 6.07) is 2.70. The molecule has 0 radical (unpaired) electrons. The van der Waals surface area contributed by atoms with E-state index in [1.165, 1.54) is 12.1 Å². The molecule has 7 nitrogen and oxygen atoms in total. The summed E-state index contributed by atoms with van der Waals surface area (Å²) >= 11 is 0. The molecule has 104 valence electrons. The molecule has 2 rings (SSSR count). The molecule has 1 aromatic rings. The maximum atomic E-state index is 10.9.